The van der Waals surface area contributed by atoms with Crippen LogP contribution < -0.4 is 10.1 Å². The highest BCUT2D eigenvalue weighted by Crippen LogP contribution is 2.49. The van der Waals surface area contributed by atoms with Crippen molar-refractivity contribution in [3.63, 3.8) is 0 Å². The maximum Gasteiger partial charge on any atom is 0.330 e. The zero-order valence-corrected chi connectivity index (χ0v) is 15.0. The Morgan fingerprint density at radius 2 is 1.93 bits per heavy atom. The van der Waals surface area contributed by atoms with Gasteiger partial charge in [0.15, 0.2) is 6.04 Å². The van der Waals surface area contributed by atoms with Crippen LogP contribution in [-0.2, 0) is 9.59 Å². The summed E-state index contributed by atoms with van der Waals surface area (Å²) in [6.07, 6.45) is 0.249. The first-order chi connectivity index (χ1) is 12.8. The molecule has 1 amide bonds. The number of amides is 1. The molecule has 0 aliphatic heterocycles. The minimum absolute atomic E-state index is 0.142. The third-order valence-electron chi connectivity index (χ3n) is 4.54. The summed E-state index contributed by atoms with van der Waals surface area (Å²) in [6.45, 7) is 0. The molecule has 0 spiro atoms. The Morgan fingerprint density at radius 1 is 1.26 bits per heavy atom. The summed E-state index contributed by atoms with van der Waals surface area (Å²) in [6, 6.07) is 6.53. The van der Waals surface area contributed by atoms with E-state index in [-0.39, 0.29) is 22.6 Å². The fraction of sp³-hybridized carbons (Fsp3) is 0.263. The van der Waals surface area contributed by atoms with Gasteiger partial charge >= 0.3 is 5.97 Å². The standard InChI is InChI=1S/C19H16ClF2NO4/c1-27-15-6-5-9(7-12(15)20)17(19(25)26)23-18(24)11-8-10(11)16-13(21)3-2-4-14(16)22/h2-7,10-11,17H,8H2,1H3,(H,23,24)(H,25,26). The van der Waals surface area contributed by atoms with E-state index in [0.717, 1.165) is 12.1 Å². The van der Waals surface area contributed by atoms with Crippen molar-refractivity contribution in [2.24, 2.45) is 5.92 Å². The molecule has 142 valence electrons. The SMILES string of the molecule is COc1ccc(C(NC(=O)C2CC2c2c(F)cccc2F)C(=O)O)cc1Cl. The summed E-state index contributed by atoms with van der Waals surface area (Å²) < 4.78 is 32.7. The lowest BCUT2D eigenvalue weighted by Gasteiger charge is -2.16. The van der Waals surface area contributed by atoms with E-state index < -0.39 is 41.4 Å². The second kappa shape index (κ2) is 7.52. The summed E-state index contributed by atoms with van der Waals surface area (Å²) in [7, 11) is 1.42. The van der Waals surface area contributed by atoms with Crippen LogP contribution in [0, 0.1) is 17.6 Å². The third-order valence-corrected chi connectivity index (χ3v) is 4.84. The zero-order chi connectivity index (χ0) is 19.7. The van der Waals surface area contributed by atoms with Gasteiger partial charge in [-0.25, -0.2) is 13.6 Å². The number of hydrogen-bond donors (Lipinski definition) is 2. The summed E-state index contributed by atoms with van der Waals surface area (Å²) in [5, 5.41) is 12.1. The first-order valence-corrected chi connectivity index (χ1v) is 8.51. The van der Waals surface area contributed by atoms with E-state index in [9.17, 15) is 23.5 Å². The molecular formula is C19H16ClF2NO4. The number of aliphatic carboxylic acids is 1. The topological polar surface area (TPSA) is 75.6 Å². The molecule has 3 atom stereocenters. The van der Waals surface area contributed by atoms with Gasteiger partial charge in [-0.1, -0.05) is 23.7 Å². The molecule has 5 nitrogen and oxygen atoms in total. The Hall–Kier alpha value is -2.67. The molecule has 0 aromatic heterocycles. The molecule has 2 N–H and O–H groups in total. The zero-order valence-electron chi connectivity index (χ0n) is 14.2. The Morgan fingerprint density at radius 3 is 2.48 bits per heavy atom. The third kappa shape index (κ3) is 3.88. The minimum atomic E-state index is -1.34. The number of carboxylic acid groups (broad SMARTS) is 1. The van der Waals surface area contributed by atoms with Crippen molar-refractivity contribution < 1.29 is 28.2 Å². The molecule has 0 saturated heterocycles. The van der Waals surface area contributed by atoms with Crippen LogP contribution >= 0.6 is 11.6 Å². The molecule has 3 rings (SSSR count). The van der Waals surface area contributed by atoms with Crippen LogP contribution in [0.15, 0.2) is 36.4 Å². The number of ether oxygens (including phenoxy) is 1. The fourth-order valence-electron chi connectivity index (χ4n) is 3.07. The van der Waals surface area contributed by atoms with Gasteiger partial charge in [-0.2, -0.15) is 0 Å². The Bertz CT molecular complexity index is 885. The average molecular weight is 396 g/mol. The Labute approximate surface area is 158 Å². The number of hydrogen-bond acceptors (Lipinski definition) is 3. The van der Waals surface area contributed by atoms with Crippen molar-refractivity contribution in [2.45, 2.75) is 18.4 Å². The molecule has 1 fully saturated rings. The average Bonchev–Trinajstić information content (AvgIpc) is 3.39. The highest BCUT2D eigenvalue weighted by atomic mass is 35.5. The van der Waals surface area contributed by atoms with Crippen LogP contribution in [0.25, 0.3) is 0 Å². The van der Waals surface area contributed by atoms with Gasteiger partial charge in [-0.15, -0.1) is 0 Å². The molecule has 1 aliphatic carbocycles. The number of carbonyl (C=O) groups excluding carboxylic acids is 1. The maximum absolute atomic E-state index is 13.9. The molecule has 0 radical (unpaired) electrons. The van der Waals surface area contributed by atoms with Gasteiger partial charge in [0.05, 0.1) is 12.1 Å². The van der Waals surface area contributed by atoms with E-state index in [1.165, 1.54) is 31.4 Å². The number of halogens is 3. The monoisotopic (exact) mass is 395 g/mol. The van der Waals surface area contributed by atoms with E-state index in [1.54, 1.807) is 0 Å². The van der Waals surface area contributed by atoms with Crippen LogP contribution in [0.5, 0.6) is 5.75 Å². The second-order valence-electron chi connectivity index (χ2n) is 6.26. The molecular weight excluding hydrogens is 380 g/mol. The molecule has 0 heterocycles. The van der Waals surface area contributed by atoms with Gasteiger partial charge in [-0.3, -0.25) is 4.79 Å². The Kier molecular flexibility index (Phi) is 5.32. The summed E-state index contributed by atoms with van der Waals surface area (Å²) >= 11 is 6.01. The van der Waals surface area contributed by atoms with E-state index in [4.69, 9.17) is 16.3 Å². The summed E-state index contributed by atoms with van der Waals surface area (Å²) in [5.41, 5.74) is 0.118. The quantitative estimate of drug-likeness (QED) is 0.782. The predicted octanol–water partition coefficient (Wildman–Crippen LogP) is 3.67. The van der Waals surface area contributed by atoms with Crippen molar-refractivity contribution in [3.8, 4) is 5.75 Å². The number of rotatable bonds is 6. The lowest BCUT2D eigenvalue weighted by Crippen LogP contribution is -2.35. The van der Waals surface area contributed by atoms with Crippen molar-refractivity contribution in [1.82, 2.24) is 5.32 Å². The van der Waals surface area contributed by atoms with Gasteiger partial charge < -0.3 is 15.2 Å². The molecule has 27 heavy (non-hydrogen) atoms. The molecule has 0 bridgehead atoms. The maximum atomic E-state index is 13.9. The van der Waals surface area contributed by atoms with Crippen molar-refractivity contribution in [2.75, 3.05) is 7.11 Å². The minimum Gasteiger partial charge on any atom is -0.495 e. The van der Waals surface area contributed by atoms with E-state index >= 15 is 0 Å². The number of carbonyl (C=O) groups is 2. The van der Waals surface area contributed by atoms with Gasteiger partial charge in [0.25, 0.3) is 0 Å². The van der Waals surface area contributed by atoms with Gasteiger partial charge in [0.2, 0.25) is 5.91 Å². The number of methoxy groups -OCH3 is 1. The van der Waals surface area contributed by atoms with Gasteiger partial charge in [0.1, 0.15) is 17.4 Å². The molecule has 2 aromatic carbocycles. The summed E-state index contributed by atoms with van der Waals surface area (Å²) in [5.74, 6) is -4.22. The van der Waals surface area contributed by atoms with Crippen LogP contribution in [0.1, 0.15) is 29.5 Å². The normalized spacial score (nSPS) is 19.3. The van der Waals surface area contributed by atoms with Gasteiger partial charge in [0, 0.05) is 17.4 Å². The lowest BCUT2D eigenvalue weighted by molar-refractivity contribution is -0.142. The molecule has 3 unspecified atom stereocenters. The highest BCUT2D eigenvalue weighted by Gasteiger charge is 2.47. The Balaban J connectivity index is 1.76. The van der Waals surface area contributed by atoms with Crippen LogP contribution in [0.4, 0.5) is 8.78 Å². The fourth-order valence-corrected chi connectivity index (χ4v) is 3.33. The lowest BCUT2D eigenvalue weighted by atomic mass is 10.1. The van der Waals surface area contributed by atoms with E-state index in [1.807, 2.05) is 0 Å². The van der Waals surface area contributed by atoms with Gasteiger partial charge in [-0.05, 0) is 36.2 Å². The summed E-state index contributed by atoms with van der Waals surface area (Å²) in [4.78, 5) is 24.0. The molecule has 2 aromatic rings. The smallest absolute Gasteiger partial charge is 0.330 e. The van der Waals surface area contributed by atoms with Crippen molar-refractivity contribution >= 4 is 23.5 Å². The number of carboxylic acids is 1. The van der Waals surface area contributed by atoms with Crippen molar-refractivity contribution in [1.29, 1.82) is 0 Å². The second-order valence-corrected chi connectivity index (χ2v) is 6.67. The first-order valence-electron chi connectivity index (χ1n) is 8.14. The van der Waals surface area contributed by atoms with Crippen LogP contribution in [0.3, 0.4) is 0 Å². The predicted molar refractivity (Wildman–Crippen MR) is 93.7 cm³/mol. The van der Waals surface area contributed by atoms with Crippen LogP contribution in [0.2, 0.25) is 5.02 Å². The molecule has 1 aliphatic rings. The largest absolute Gasteiger partial charge is 0.495 e. The molecule has 8 heteroatoms. The van der Waals surface area contributed by atoms with Crippen molar-refractivity contribution in [3.05, 3.63) is 64.2 Å². The van der Waals surface area contributed by atoms with E-state index in [0.29, 0.717) is 5.75 Å². The van der Waals surface area contributed by atoms with Crippen LogP contribution in [-0.4, -0.2) is 24.1 Å². The first kappa shape index (κ1) is 19.1. The molecule has 1 saturated carbocycles. The van der Waals surface area contributed by atoms with E-state index in [2.05, 4.69) is 5.32 Å². The number of nitrogens with one attached hydrogen (secondary N) is 1. The number of benzene rings is 2. The highest BCUT2D eigenvalue weighted by molar-refractivity contribution is 6.32.